The van der Waals surface area contributed by atoms with Crippen molar-refractivity contribution in [3.8, 4) is 0 Å². The molecule has 11 atom stereocenters. The molecule has 0 saturated carbocycles. The van der Waals surface area contributed by atoms with Gasteiger partial charge in [0.2, 0.25) is 53.2 Å². The molecule has 108 heavy (non-hydrogen) atoms. The average Bonchev–Trinajstić information content (AvgIpc) is 1.31. The van der Waals surface area contributed by atoms with Crippen molar-refractivity contribution in [1.29, 1.82) is 0 Å². The van der Waals surface area contributed by atoms with E-state index in [9.17, 15) is 52.7 Å². The van der Waals surface area contributed by atoms with Gasteiger partial charge in [-0.05, 0) is 124 Å². The second-order valence-electron chi connectivity index (χ2n) is 29.0. The largest absolute Gasteiger partial charge is 0.379 e. The van der Waals surface area contributed by atoms with Gasteiger partial charge in [-0.1, -0.05) is 111 Å². The molecule has 1 aliphatic heterocycles. The van der Waals surface area contributed by atoms with Crippen LogP contribution in [0.1, 0.15) is 141 Å². The van der Waals surface area contributed by atoms with E-state index in [1.54, 1.807) is 86.1 Å². The molecule has 1 aliphatic rings. The molecule has 0 aliphatic carbocycles. The quantitative estimate of drug-likeness (QED) is 0.0244. The molecule has 1 saturated heterocycles. The number of amides is 11. The zero-order chi connectivity index (χ0) is 79.5. The van der Waals surface area contributed by atoms with E-state index >= 15 is 0 Å². The monoisotopic (exact) mass is 1500 g/mol. The molecule has 5 aromatic rings. The number of rotatable bonds is 42. The molecule has 3 aromatic carbocycles. The van der Waals surface area contributed by atoms with E-state index in [1.165, 1.54) is 20.4 Å². The SMILES string of the molecule is CCC(C)C(C(CC(=O)N1CCC[C@H]1C(OC)C(C)C(=O)N[C@@H](Cc1ccccc1)C(=O)NCCc1ccc(NC(=O)C(CCCNC(N)=O)NC(=O)[C@H](NC(=O)CCCNC(=O)c2ccc(NCc3cnc4nc(N)[nH]c(=O)c4n3)cc2)C(C)C)cc1)OC)N(C)C(=O)[C@@H](NC(=O)C(C(C)C)N(C)C)C(C)C. The number of nitrogens with one attached hydrogen (secondary N) is 10. The van der Waals surface area contributed by atoms with Crippen molar-refractivity contribution in [2.45, 2.75) is 188 Å². The molecule has 6 rings (SSSR count). The van der Waals surface area contributed by atoms with Gasteiger partial charge in [0.1, 0.15) is 24.2 Å². The normalized spacial score (nSPS) is 15.7. The Morgan fingerprint density at radius 3 is 1.96 bits per heavy atom. The molecule has 590 valence electrons. The summed E-state index contributed by atoms with van der Waals surface area (Å²) in [6.07, 6.45) is 2.91. The molecule has 1 fully saturated rings. The maximum Gasteiger partial charge on any atom is 0.312 e. The number of carbonyl (C=O) groups is 10. The second kappa shape index (κ2) is 42.4. The number of H-pyrrole nitrogens is 1. The fraction of sp³-hybridized carbons (Fsp3) is 0.558. The number of urea groups is 1. The van der Waals surface area contributed by atoms with Crippen molar-refractivity contribution in [3.05, 3.63) is 118 Å². The van der Waals surface area contributed by atoms with Gasteiger partial charge < -0.3 is 78.6 Å². The molecule has 11 amide bonds. The van der Waals surface area contributed by atoms with Crippen LogP contribution in [0.2, 0.25) is 0 Å². The third kappa shape index (κ3) is 25.5. The summed E-state index contributed by atoms with van der Waals surface area (Å²) in [6.45, 7) is 18.0. The van der Waals surface area contributed by atoms with Gasteiger partial charge in [0.25, 0.3) is 11.5 Å². The number of hydrogen-bond acceptors (Lipinski definition) is 19. The van der Waals surface area contributed by atoms with Crippen LogP contribution in [0.25, 0.3) is 11.2 Å². The lowest BCUT2D eigenvalue weighted by molar-refractivity contribution is -0.148. The molecule has 2 aromatic heterocycles. The number of likely N-dealkylation sites (tertiary alicyclic amines) is 1. The first kappa shape index (κ1) is 86.8. The number of hydrogen-bond donors (Lipinski definition) is 12. The third-order valence-electron chi connectivity index (χ3n) is 19.6. The van der Waals surface area contributed by atoms with Gasteiger partial charge in [0, 0.05) is 77.2 Å². The van der Waals surface area contributed by atoms with Crippen LogP contribution in [0, 0.1) is 29.6 Å². The summed E-state index contributed by atoms with van der Waals surface area (Å²) in [4.78, 5) is 170. The Bertz CT molecular complexity index is 3870. The number of fused-ring (bicyclic) bond motifs is 1. The van der Waals surface area contributed by atoms with Crippen molar-refractivity contribution in [2.24, 2.45) is 35.3 Å². The number of nitrogens with two attached hydrogens (primary N) is 2. The average molecular weight is 1500 g/mol. The number of nitrogens with zero attached hydrogens (tertiary/aromatic N) is 6. The topological polar surface area (TPSA) is 431 Å². The Kier molecular flexibility index (Phi) is 34.1. The zero-order valence-corrected chi connectivity index (χ0v) is 64.9. The summed E-state index contributed by atoms with van der Waals surface area (Å²) >= 11 is 0. The van der Waals surface area contributed by atoms with Gasteiger partial charge in [-0.25, -0.2) is 14.8 Å². The van der Waals surface area contributed by atoms with Crippen LogP contribution >= 0.6 is 0 Å². The first-order valence-corrected chi connectivity index (χ1v) is 37.2. The van der Waals surface area contributed by atoms with E-state index in [1.807, 2.05) is 90.9 Å². The minimum absolute atomic E-state index is 0.00841. The Balaban J connectivity index is 1.01. The standard InChI is InChI=1S/C77H114N18O13/c1-15-47(8)65(94(12)75(105)62(45(4)5)90-74(104)64(46(6)7)93(10)11)58(107-13)41-60(97)95-39-21-25-57(95)66(108-14)48(9)68(98)88-56(40-50-22-17-16-18-23-50)70(100)81-38-35-49-27-31-53(32-28-49)86-71(101)55(24-19-37-82-77(79)106)87-72(102)61(44(2)3)89-59(96)26-20-36-80-69(99)51-29-33-52(34-30-51)83-42-54-43-84-67-63(85-54)73(103)92-76(78)91-67/h16-18,22-23,27-34,43-48,55-58,61-62,64-66,83H,15,19-21,24-26,35-42H2,1-14H3,(H,80,99)(H,81,100)(H,86,101)(H,87,102)(H,88,98)(H,89,96)(H,90,104)(H3,79,82,106)(H3,78,84,91,92,103)/t47?,48?,55?,56-,57-,58?,61+,62-,64?,65?,66?/m0/s1. The van der Waals surface area contributed by atoms with Crippen molar-refractivity contribution in [3.63, 3.8) is 0 Å². The summed E-state index contributed by atoms with van der Waals surface area (Å²) in [7, 11) is 8.41. The van der Waals surface area contributed by atoms with Gasteiger partial charge in [-0.3, -0.25) is 57.8 Å². The number of ether oxygens (including phenoxy) is 2. The molecular weight excluding hydrogens is 1380 g/mol. The van der Waals surface area contributed by atoms with E-state index in [0.717, 1.165) is 11.1 Å². The maximum atomic E-state index is 14.7. The molecule has 0 bridgehead atoms. The smallest absolute Gasteiger partial charge is 0.312 e. The molecule has 7 unspecified atom stereocenters. The second-order valence-corrected chi connectivity index (χ2v) is 29.0. The molecule has 31 nitrogen and oxygen atoms in total. The summed E-state index contributed by atoms with van der Waals surface area (Å²) in [5.74, 6) is -5.27. The predicted molar refractivity (Wildman–Crippen MR) is 412 cm³/mol. The molecular formula is C77H114N18O13. The van der Waals surface area contributed by atoms with E-state index in [0.29, 0.717) is 54.9 Å². The molecule has 14 N–H and O–H groups in total. The Morgan fingerprint density at radius 2 is 1.34 bits per heavy atom. The molecule has 3 heterocycles. The Labute approximate surface area is 632 Å². The molecule has 0 spiro atoms. The lowest BCUT2D eigenvalue weighted by Gasteiger charge is -2.41. The molecule has 31 heteroatoms. The van der Waals surface area contributed by atoms with Crippen molar-refractivity contribution >= 4 is 87.7 Å². The number of likely N-dealkylation sites (N-methyl/N-ethyl adjacent to an activating group) is 2. The van der Waals surface area contributed by atoms with Crippen LogP contribution in [-0.2, 0) is 67.2 Å². The highest BCUT2D eigenvalue weighted by atomic mass is 16.5. The van der Waals surface area contributed by atoms with Crippen LogP contribution in [0.5, 0.6) is 0 Å². The highest BCUT2D eigenvalue weighted by Gasteiger charge is 2.44. The fourth-order valence-corrected chi connectivity index (χ4v) is 13.6. The number of carbonyl (C=O) groups excluding carboxylic acids is 10. The van der Waals surface area contributed by atoms with Crippen LogP contribution < -0.4 is 64.9 Å². The number of primary amides is 1. The van der Waals surface area contributed by atoms with Gasteiger partial charge >= 0.3 is 6.03 Å². The van der Waals surface area contributed by atoms with E-state index in [2.05, 4.69) is 67.8 Å². The van der Waals surface area contributed by atoms with Gasteiger partial charge in [-0.15, -0.1) is 0 Å². The highest BCUT2D eigenvalue weighted by molar-refractivity contribution is 5.99. The predicted octanol–water partition coefficient (Wildman–Crippen LogP) is 4.16. The lowest BCUT2D eigenvalue weighted by Crippen LogP contribution is -2.59. The van der Waals surface area contributed by atoms with Crippen LogP contribution in [0.3, 0.4) is 0 Å². The van der Waals surface area contributed by atoms with Gasteiger partial charge in [0.15, 0.2) is 11.2 Å². The van der Waals surface area contributed by atoms with E-state index in [-0.39, 0.29) is 123 Å². The third-order valence-corrected chi connectivity index (χ3v) is 19.6. The van der Waals surface area contributed by atoms with E-state index in [4.69, 9.17) is 20.9 Å². The number of nitrogen functional groups attached to an aromatic ring is 1. The maximum absolute atomic E-state index is 14.7. The first-order valence-electron chi connectivity index (χ1n) is 37.2. The summed E-state index contributed by atoms with van der Waals surface area (Å²) in [5, 5.41) is 25.9. The summed E-state index contributed by atoms with van der Waals surface area (Å²) in [5.41, 5.74) is 14.1. The Morgan fingerprint density at radius 1 is 0.685 bits per heavy atom. The summed E-state index contributed by atoms with van der Waals surface area (Å²) < 4.78 is 12.2. The first-order chi connectivity index (χ1) is 51.3. The van der Waals surface area contributed by atoms with Crippen LogP contribution in [-0.4, -0.2) is 210 Å². The number of aromatic nitrogens is 4. The number of benzene rings is 3. The minimum Gasteiger partial charge on any atom is -0.379 e. The van der Waals surface area contributed by atoms with Gasteiger partial charge in [0.05, 0.1) is 61.1 Å². The lowest BCUT2D eigenvalue weighted by atomic mass is 9.89. The van der Waals surface area contributed by atoms with E-state index < -0.39 is 107 Å². The summed E-state index contributed by atoms with van der Waals surface area (Å²) in [6, 6.07) is 16.6. The van der Waals surface area contributed by atoms with Crippen molar-refractivity contribution in [2.75, 3.05) is 77.9 Å². The van der Waals surface area contributed by atoms with Crippen molar-refractivity contribution < 1.29 is 57.4 Å². The number of anilines is 3. The van der Waals surface area contributed by atoms with Crippen molar-refractivity contribution in [1.82, 2.24) is 71.9 Å². The minimum atomic E-state index is -1.11. The van der Waals surface area contributed by atoms with Crippen LogP contribution in [0.15, 0.2) is 89.9 Å². The van der Waals surface area contributed by atoms with Crippen LogP contribution in [0.4, 0.5) is 22.1 Å². The fourth-order valence-electron chi connectivity index (χ4n) is 13.6. The van der Waals surface area contributed by atoms with Gasteiger partial charge in [-0.2, -0.15) is 4.98 Å². The zero-order valence-electron chi connectivity index (χ0n) is 64.9. The molecule has 0 radical (unpaired) electrons. The number of methoxy groups -OCH3 is 2. The Hall–Kier alpha value is -10.1. The highest BCUT2D eigenvalue weighted by Crippen LogP contribution is 2.30. The number of aromatic amines is 1.